The van der Waals surface area contributed by atoms with Crippen molar-refractivity contribution in [1.82, 2.24) is 15.5 Å². The van der Waals surface area contributed by atoms with E-state index in [0.29, 0.717) is 28.9 Å². The molecule has 2 heterocycles. The number of furan rings is 1. The molecule has 0 fully saturated rings. The van der Waals surface area contributed by atoms with Gasteiger partial charge in [-0.1, -0.05) is 17.3 Å². The predicted octanol–water partition coefficient (Wildman–Crippen LogP) is 4.50. The van der Waals surface area contributed by atoms with Gasteiger partial charge in [0.1, 0.15) is 11.6 Å². The number of hydrogen-bond donors (Lipinski definition) is 1. The number of amides is 1. The number of carbonyl (C=O) groups is 1. The number of benzene rings is 2. The Bertz CT molecular complexity index is 1100. The second-order valence-electron chi connectivity index (χ2n) is 6.63. The van der Waals surface area contributed by atoms with Gasteiger partial charge < -0.3 is 14.3 Å². The molecular weight excluding hydrogens is 373 g/mol. The molecule has 1 unspecified atom stereocenters. The number of halogens is 1. The molecule has 4 rings (SSSR count). The Morgan fingerprint density at radius 2 is 1.90 bits per heavy atom. The summed E-state index contributed by atoms with van der Waals surface area (Å²) in [5.74, 6) is 0.742. The van der Waals surface area contributed by atoms with E-state index in [1.165, 1.54) is 12.1 Å². The Balaban J connectivity index is 1.55. The van der Waals surface area contributed by atoms with Gasteiger partial charge in [0, 0.05) is 18.0 Å². The third kappa shape index (κ3) is 4.24. The zero-order valence-corrected chi connectivity index (χ0v) is 15.6. The van der Waals surface area contributed by atoms with Gasteiger partial charge in [-0.25, -0.2) is 4.39 Å². The van der Waals surface area contributed by atoms with Crippen molar-refractivity contribution < 1.29 is 18.1 Å². The van der Waals surface area contributed by atoms with Crippen LogP contribution in [0.1, 0.15) is 23.0 Å². The van der Waals surface area contributed by atoms with Crippen molar-refractivity contribution >= 4 is 5.91 Å². The van der Waals surface area contributed by atoms with Crippen molar-refractivity contribution in [2.45, 2.75) is 19.4 Å². The largest absolute Gasteiger partial charge is 0.469 e. The summed E-state index contributed by atoms with van der Waals surface area (Å²) in [5.41, 5.74) is 1.57. The average molecular weight is 391 g/mol. The first-order valence-corrected chi connectivity index (χ1v) is 9.12. The summed E-state index contributed by atoms with van der Waals surface area (Å²) in [5, 5.41) is 6.91. The number of nitrogens with one attached hydrogen (secondary N) is 1. The fraction of sp³-hybridized carbons (Fsp3) is 0.136. The fourth-order valence-electron chi connectivity index (χ4n) is 3.00. The molecule has 0 bridgehead atoms. The highest BCUT2D eigenvalue weighted by atomic mass is 19.1. The van der Waals surface area contributed by atoms with E-state index >= 15 is 0 Å². The summed E-state index contributed by atoms with van der Waals surface area (Å²) >= 11 is 0. The van der Waals surface area contributed by atoms with Crippen LogP contribution in [0.15, 0.2) is 75.9 Å². The summed E-state index contributed by atoms with van der Waals surface area (Å²) in [6.07, 6.45) is 2.18. The molecule has 0 radical (unpaired) electrons. The molecule has 2 aromatic carbocycles. The first-order valence-electron chi connectivity index (χ1n) is 9.12. The molecule has 1 amide bonds. The van der Waals surface area contributed by atoms with Crippen LogP contribution < -0.4 is 5.32 Å². The second kappa shape index (κ2) is 8.10. The first-order chi connectivity index (χ1) is 14.1. The van der Waals surface area contributed by atoms with Crippen LogP contribution in [-0.4, -0.2) is 22.1 Å². The van der Waals surface area contributed by atoms with E-state index in [0.717, 1.165) is 5.76 Å². The van der Waals surface area contributed by atoms with Crippen LogP contribution in [0.4, 0.5) is 4.39 Å². The molecule has 0 aliphatic heterocycles. The maximum Gasteiger partial charge on any atom is 0.259 e. The monoisotopic (exact) mass is 391 g/mol. The summed E-state index contributed by atoms with van der Waals surface area (Å²) in [7, 11) is 0. The molecule has 0 saturated carbocycles. The molecule has 29 heavy (non-hydrogen) atoms. The summed E-state index contributed by atoms with van der Waals surface area (Å²) in [6, 6.07) is 16.4. The van der Waals surface area contributed by atoms with Crippen molar-refractivity contribution in [3.8, 4) is 22.8 Å². The van der Waals surface area contributed by atoms with E-state index in [9.17, 15) is 9.18 Å². The molecule has 1 atom stereocenters. The van der Waals surface area contributed by atoms with E-state index in [1.54, 1.807) is 42.7 Å². The molecule has 0 aliphatic carbocycles. The highest BCUT2D eigenvalue weighted by Gasteiger charge is 2.19. The minimum Gasteiger partial charge on any atom is -0.469 e. The van der Waals surface area contributed by atoms with Crippen LogP contribution in [-0.2, 0) is 6.42 Å². The molecule has 6 nitrogen and oxygen atoms in total. The van der Waals surface area contributed by atoms with Gasteiger partial charge in [-0.2, -0.15) is 4.98 Å². The minimum absolute atomic E-state index is 0.126. The molecule has 7 heteroatoms. The lowest BCUT2D eigenvalue weighted by Gasteiger charge is -2.13. The van der Waals surface area contributed by atoms with Gasteiger partial charge in [0.25, 0.3) is 11.8 Å². The highest BCUT2D eigenvalue weighted by molar-refractivity contribution is 6.00. The Labute approximate surface area is 166 Å². The van der Waals surface area contributed by atoms with Gasteiger partial charge in [-0.05, 0) is 55.5 Å². The maximum atomic E-state index is 13.1. The summed E-state index contributed by atoms with van der Waals surface area (Å²) in [6.45, 7) is 1.91. The third-order valence-corrected chi connectivity index (χ3v) is 4.40. The van der Waals surface area contributed by atoms with Gasteiger partial charge in [-0.15, -0.1) is 0 Å². The van der Waals surface area contributed by atoms with Crippen LogP contribution in [0.3, 0.4) is 0 Å². The van der Waals surface area contributed by atoms with Gasteiger partial charge in [0.2, 0.25) is 5.82 Å². The summed E-state index contributed by atoms with van der Waals surface area (Å²) in [4.78, 5) is 17.2. The molecule has 0 saturated heterocycles. The Morgan fingerprint density at radius 1 is 1.10 bits per heavy atom. The number of hydrogen-bond acceptors (Lipinski definition) is 5. The SMILES string of the molecule is CC(Cc1ccco1)NC(=O)c1ccccc1-c1nc(-c2ccc(F)cc2)no1. The van der Waals surface area contributed by atoms with E-state index in [2.05, 4.69) is 15.5 Å². The predicted molar refractivity (Wildman–Crippen MR) is 104 cm³/mol. The second-order valence-corrected chi connectivity index (χ2v) is 6.63. The lowest BCUT2D eigenvalue weighted by atomic mass is 10.1. The zero-order chi connectivity index (χ0) is 20.2. The standard InChI is InChI=1S/C22H18FN3O3/c1-14(13-17-5-4-12-28-17)24-21(27)18-6-2-3-7-19(18)22-25-20(26-29-22)15-8-10-16(23)11-9-15/h2-12,14H,13H2,1H3,(H,24,27). The fourth-order valence-corrected chi connectivity index (χ4v) is 3.00. The number of nitrogens with zero attached hydrogens (tertiary/aromatic N) is 2. The molecule has 1 N–H and O–H groups in total. The quantitative estimate of drug-likeness (QED) is 0.523. The molecule has 0 aliphatic rings. The minimum atomic E-state index is -0.344. The van der Waals surface area contributed by atoms with E-state index in [-0.39, 0.29) is 23.7 Å². The van der Waals surface area contributed by atoms with Crippen molar-refractivity contribution in [2.24, 2.45) is 0 Å². The first kappa shape index (κ1) is 18.6. The van der Waals surface area contributed by atoms with Gasteiger partial charge in [0.15, 0.2) is 0 Å². The lowest BCUT2D eigenvalue weighted by molar-refractivity contribution is 0.0939. The number of rotatable bonds is 6. The third-order valence-electron chi connectivity index (χ3n) is 4.40. The molecule has 2 aromatic heterocycles. The summed E-state index contributed by atoms with van der Waals surface area (Å²) < 4.78 is 23.8. The van der Waals surface area contributed by atoms with Gasteiger partial charge in [0.05, 0.1) is 17.4 Å². The molecule has 0 spiro atoms. The topological polar surface area (TPSA) is 81.2 Å². The molecular formula is C22H18FN3O3. The maximum absolute atomic E-state index is 13.1. The Kier molecular flexibility index (Phi) is 5.20. The van der Waals surface area contributed by atoms with Crippen molar-refractivity contribution in [2.75, 3.05) is 0 Å². The van der Waals surface area contributed by atoms with E-state index in [1.807, 2.05) is 19.1 Å². The van der Waals surface area contributed by atoms with Crippen LogP contribution >= 0.6 is 0 Å². The van der Waals surface area contributed by atoms with Crippen LogP contribution in [0, 0.1) is 5.82 Å². The van der Waals surface area contributed by atoms with Gasteiger partial charge in [-0.3, -0.25) is 4.79 Å². The number of carbonyl (C=O) groups excluding carboxylic acids is 1. The van der Waals surface area contributed by atoms with E-state index < -0.39 is 0 Å². The van der Waals surface area contributed by atoms with Gasteiger partial charge >= 0.3 is 0 Å². The zero-order valence-electron chi connectivity index (χ0n) is 15.6. The highest BCUT2D eigenvalue weighted by Crippen LogP contribution is 2.25. The van der Waals surface area contributed by atoms with Crippen LogP contribution in [0.25, 0.3) is 22.8 Å². The van der Waals surface area contributed by atoms with E-state index in [4.69, 9.17) is 8.94 Å². The number of aromatic nitrogens is 2. The molecule has 4 aromatic rings. The Morgan fingerprint density at radius 3 is 2.66 bits per heavy atom. The lowest BCUT2D eigenvalue weighted by Crippen LogP contribution is -2.34. The smallest absolute Gasteiger partial charge is 0.259 e. The molecule has 146 valence electrons. The van der Waals surface area contributed by atoms with Crippen LogP contribution in [0.5, 0.6) is 0 Å². The van der Waals surface area contributed by atoms with Crippen molar-refractivity contribution in [1.29, 1.82) is 0 Å². The normalized spacial score (nSPS) is 11.9. The Hall–Kier alpha value is -3.74. The van der Waals surface area contributed by atoms with Crippen LogP contribution in [0.2, 0.25) is 0 Å². The average Bonchev–Trinajstić information content (AvgIpc) is 3.40. The van der Waals surface area contributed by atoms with Crippen molar-refractivity contribution in [3.05, 3.63) is 84.1 Å². The van der Waals surface area contributed by atoms with Crippen molar-refractivity contribution in [3.63, 3.8) is 0 Å².